The highest BCUT2D eigenvalue weighted by molar-refractivity contribution is 5.16. The number of nitrogens with two attached hydrogens (primary N) is 1. The van der Waals surface area contributed by atoms with E-state index in [4.69, 9.17) is 5.84 Å². The van der Waals surface area contributed by atoms with E-state index < -0.39 is 0 Å². The van der Waals surface area contributed by atoms with E-state index in [-0.39, 0.29) is 0 Å². The number of aryl methyl sites for hydroxylation is 1. The van der Waals surface area contributed by atoms with Crippen LogP contribution in [0.3, 0.4) is 0 Å². The average Bonchev–Trinajstić information content (AvgIpc) is 2.14. The van der Waals surface area contributed by atoms with Crippen LogP contribution in [0.5, 0.6) is 0 Å². The second-order valence-corrected chi connectivity index (χ2v) is 1.39. The van der Waals surface area contributed by atoms with Gasteiger partial charge in [-0.2, -0.15) is 4.98 Å². The lowest BCUT2D eigenvalue weighted by Gasteiger charge is -1.85. The molecule has 0 aliphatic carbocycles. The van der Waals surface area contributed by atoms with Gasteiger partial charge in [0, 0.05) is 7.05 Å². The number of nitrogens with one attached hydrogen (secondary N) is 1. The number of nitrogen functional groups attached to an aromatic ring is 1. The molecule has 5 heteroatoms. The van der Waals surface area contributed by atoms with E-state index in [1.807, 2.05) is 0 Å². The topological polar surface area (TPSA) is 68.8 Å². The van der Waals surface area contributed by atoms with Crippen molar-refractivity contribution in [2.24, 2.45) is 12.9 Å². The molecule has 3 N–H and O–H groups in total. The SMILES string of the molecule is Cn1cnc(NN)n1. The van der Waals surface area contributed by atoms with Crippen molar-refractivity contribution in [1.29, 1.82) is 0 Å². The van der Waals surface area contributed by atoms with E-state index >= 15 is 0 Å². The molecule has 1 heterocycles. The smallest absolute Gasteiger partial charge is 0.256 e. The van der Waals surface area contributed by atoms with Gasteiger partial charge in [-0.15, -0.1) is 5.10 Å². The molecule has 0 aliphatic rings. The molecule has 0 amide bonds. The first-order valence-electron chi connectivity index (χ1n) is 2.15. The number of nitrogens with zero attached hydrogens (tertiary/aromatic N) is 3. The monoisotopic (exact) mass is 113 g/mol. The molecule has 0 radical (unpaired) electrons. The minimum Gasteiger partial charge on any atom is -0.291 e. The van der Waals surface area contributed by atoms with Crippen molar-refractivity contribution in [2.45, 2.75) is 0 Å². The Balaban J connectivity index is 2.84. The highest BCUT2D eigenvalue weighted by Crippen LogP contribution is 1.88. The first-order valence-corrected chi connectivity index (χ1v) is 2.15. The molecule has 1 rings (SSSR count). The molecule has 8 heavy (non-hydrogen) atoms. The lowest BCUT2D eigenvalue weighted by atomic mass is 11.1. The van der Waals surface area contributed by atoms with Crippen molar-refractivity contribution in [2.75, 3.05) is 5.43 Å². The predicted molar refractivity (Wildman–Crippen MR) is 28.8 cm³/mol. The fraction of sp³-hybridized carbons (Fsp3) is 0.333. The van der Waals surface area contributed by atoms with E-state index in [1.165, 1.54) is 0 Å². The maximum atomic E-state index is 4.97. The molecule has 5 nitrogen and oxygen atoms in total. The Hall–Kier alpha value is -1.10. The number of anilines is 1. The maximum Gasteiger partial charge on any atom is 0.256 e. The highest BCUT2D eigenvalue weighted by atomic mass is 15.4. The molecule has 0 aliphatic heterocycles. The Morgan fingerprint density at radius 2 is 2.62 bits per heavy atom. The van der Waals surface area contributed by atoms with Crippen LogP contribution in [-0.2, 0) is 7.05 Å². The van der Waals surface area contributed by atoms with Gasteiger partial charge in [0.1, 0.15) is 6.33 Å². The van der Waals surface area contributed by atoms with Gasteiger partial charge in [0.25, 0.3) is 5.95 Å². The van der Waals surface area contributed by atoms with Gasteiger partial charge in [-0.3, -0.25) is 10.1 Å². The highest BCUT2D eigenvalue weighted by Gasteiger charge is 1.89. The average molecular weight is 113 g/mol. The van der Waals surface area contributed by atoms with Crippen LogP contribution in [0.25, 0.3) is 0 Å². The van der Waals surface area contributed by atoms with Crippen LogP contribution >= 0.6 is 0 Å². The quantitative estimate of drug-likeness (QED) is 0.366. The summed E-state index contributed by atoms with van der Waals surface area (Å²) in [7, 11) is 1.77. The molecule has 0 unspecified atom stereocenters. The lowest BCUT2D eigenvalue weighted by molar-refractivity contribution is 0.767. The van der Waals surface area contributed by atoms with Crippen molar-refractivity contribution < 1.29 is 0 Å². The summed E-state index contributed by atoms with van der Waals surface area (Å²) in [6.07, 6.45) is 1.56. The fourth-order valence-corrected chi connectivity index (χ4v) is 0.405. The zero-order chi connectivity index (χ0) is 5.98. The number of hydrazine groups is 1. The number of hydrogen-bond acceptors (Lipinski definition) is 4. The molecule has 1 aromatic rings. The van der Waals surface area contributed by atoms with Gasteiger partial charge >= 0.3 is 0 Å². The van der Waals surface area contributed by atoms with Crippen LogP contribution in [-0.4, -0.2) is 14.8 Å². The van der Waals surface area contributed by atoms with Crippen LogP contribution in [0.1, 0.15) is 0 Å². The lowest BCUT2D eigenvalue weighted by Crippen LogP contribution is -2.08. The Morgan fingerprint density at radius 1 is 1.88 bits per heavy atom. The van der Waals surface area contributed by atoms with Gasteiger partial charge in [0.2, 0.25) is 0 Å². The Bertz CT molecular complexity index is 168. The number of aromatic nitrogens is 3. The summed E-state index contributed by atoms with van der Waals surface area (Å²) in [5.41, 5.74) is 2.30. The largest absolute Gasteiger partial charge is 0.291 e. The molecular weight excluding hydrogens is 106 g/mol. The van der Waals surface area contributed by atoms with Crippen molar-refractivity contribution in [3.8, 4) is 0 Å². The van der Waals surface area contributed by atoms with E-state index in [1.54, 1.807) is 18.1 Å². The third-order valence-corrected chi connectivity index (χ3v) is 0.729. The molecule has 0 fully saturated rings. The number of rotatable bonds is 1. The summed E-state index contributed by atoms with van der Waals surface area (Å²) >= 11 is 0. The first-order chi connectivity index (χ1) is 3.83. The van der Waals surface area contributed by atoms with Crippen LogP contribution in [0, 0.1) is 0 Å². The summed E-state index contributed by atoms with van der Waals surface area (Å²) in [5.74, 6) is 5.41. The van der Waals surface area contributed by atoms with Crippen molar-refractivity contribution >= 4 is 5.95 Å². The third-order valence-electron chi connectivity index (χ3n) is 0.729. The molecule has 0 spiro atoms. The van der Waals surface area contributed by atoms with E-state index in [0.29, 0.717) is 5.95 Å². The van der Waals surface area contributed by atoms with Crippen LogP contribution in [0.15, 0.2) is 6.33 Å². The van der Waals surface area contributed by atoms with Gasteiger partial charge < -0.3 is 0 Å². The van der Waals surface area contributed by atoms with Gasteiger partial charge in [-0.05, 0) is 0 Å². The molecule has 0 aromatic carbocycles. The standard InChI is InChI=1S/C3H7N5/c1-8-2-5-3(6-4)7-8/h2H,4H2,1H3,(H,6,7). The van der Waals surface area contributed by atoms with E-state index in [0.717, 1.165) is 0 Å². The third kappa shape index (κ3) is 0.760. The first kappa shape index (κ1) is 5.04. The molecule has 0 bridgehead atoms. The molecule has 0 atom stereocenters. The fourth-order valence-electron chi connectivity index (χ4n) is 0.405. The molecule has 44 valence electrons. The maximum absolute atomic E-state index is 4.97. The summed E-state index contributed by atoms with van der Waals surface area (Å²) in [6.45, 7) is 0. The van der Waals surface area contributed by atoms with Gasteiger partial charge in [-0.1, -0.05) is 0 Å². The summed E-state index contributed by atoms with van der Waals surface area (Å²) in [4.78, 5) is 3.75. The van der Waals surface area contributed by atoms with Crippen molar-refractivity contribution in [3.05, 3.63) is 6.33 Å². The Labute approximate surface area is 46.5 Å². The van der Waals surface area contributed by atoms with Crippen LogP contribution in [0.2, 0.25) is 0 Å². The van der Waals surface area contributed by atoms with E-state index in [2.05, 4.69) is 15.5 Å². The van der Waals surface area contributed by atoms with Crippen molar-refractivity contribution in [1.82, 2.24) is 14.8 Å². The summed E-state index contributed by atoms with van der Waals surface area (Å²) < 4.78 is 1.56. The van der Waals surface area contributed by atoms with E-state index in [9.17, 15) is 0 Å². The zero-order valence-electron chi connectivity index (χ0n) is 4.50. The zero-order valence-corrected chi connectivity index (χ0v) is 4.50. The Kier molecular flexibility index (Phi) is 1.13. The van der Waals surface area contributed by atoms with Crippen LogP contribution < -0.4 is 11.3 Å². The molecular formula is C3H7N5. The Morgan fingerprint density at radius 3 is 2.88 bits per heavy atom. The molecule has 0 saturated heterocycles. The van der Waals surface area contributed by atoms with Gasteiger partial charge in [0.15, 0.2) is 0 Å². The molecule has 1 aromatic heterocycles. The van der Waals surface area contributed by atoms with Gasteiger partial charge in [0.05, 0.1) is 0 Å². The second-order valence-electron chi connectivity index (χ2n) is 1.39. The summed E-state index contributed by atoms with van der Waals surface area (Å²) in [6, 6.07) is 0. The normalized spacial score (nSPS) is 9.25. The van der Waals surface area contributed by atoms with Crippen LogP contribution in [0.4, 0.5) is 5.95 Å². The molecule has 0 saturated carbocycles. The number of hydrogen-bond donors (Lipinski definition) is 2. The van der Waals surface area contributed by atoms with Crippen molar-refractivity contribution in [3.63, 3.8) is 0 Å². The predicted octanol–water partition coefficient (Wildman–Crippen LogP) is -0.899. The van der Waals surface area contributed by atoms with Gasteiger partial charge in [-0.25, -0.2) is 5.84 Å². The minimum absolute atomic E-state index is 0.438. The second kappa shape index (κ2) is 1.79. The minimum atomic E-state index is 0.438. The summed E-state index contributed by atoms with van der Waals surface area (Å²) in [5, 5.41) is 3.80.